The smallest absolute Gasteiger partial charge is 0.169 e. The van der Waals surface area contributed by atoms with E-state index in [1.54, 1.807) is 13.2 Å². The fourth-order valence-corrected chi connectivity index (χ4v) is 11.9. The SMILES string of the molecule is C=CC(C)=O.COC12C=CC3(CC1)C1Cc4ccc(O)c5c4C3(CCN1C)C2O5.COC1=CC=C2C3Cc4ccc(O)c5c4C2(CCN3C)C1O5.I.II. The van der Waals surface area contributed by atoms with Gasteiger partial charge in [0.25, 0.3) is 0 Å². The van der Waals surface area contributed by atoms with E-state index in [1.807, 2.05) is 19.3 Å². The van der Waals surface area contributed by atoms with Gasteiger partial charge in [-0.15, -0.1) is 24.0 Å². The molecule has 54 heavy (non-hydrogen) atoms. The van der Waals surface area contributed by atoms with Crippen molar-refractivity contribution in [3.8, 4) is 23.0 Å². The molecular formula is C42H49I3N2O7. The molecule has 4 heterocycles. The van der Waals surface area contributed by atoms with Crippen molar-refractivity contribution in [2.24, 2.45) is 5.41 Å². The van der Waals surface area contributed by atoms with Crippen LogP contribution in [0.5, 0.6) is 23.0 Å². The van der Waals surface area contributed by atoms with Crippen molar-refractivity contribution in [3.05, 3.63) is 94.8 Å². The first-order valence-corrected chi connectivity index (χ1v) is 24.7. The molecule has 2 aromatic rings. The van der Waals surface area contributed by atoms with E-state index in [9.17, 15) is 15.0 Å². The van der Waals surface area contributed by atoms with Gasteiger partial charge in [-0.25, -0.2) is 0 Å². The molecule has 3 fully saturated rings. The van der Waals surface area contributed by atoms with E-state index in [4.69, 9.17) is 18.9 Å². The highest BCUT2D eigenvalue weighted by Crippen LogP contribution is 2.73. The van der Waals surface area contributed by atoms with Crippen LogP contribution in [0.4, 0.5) is 0 Å². The van der Waals surface area contributed by atoms with Crippen LogP contribution >= 0.6 is 61.2 Å². The second-order valence-electron chi connectivity index (χ2n) is 16.0. The molecule has 12 rings (SSSR count). The lowest BCUT2D eigenvalue weighted by atomic mass is 9.39. The topological polar surface area (TPSA) is 101 Å². The standard InChI is InChI=1S/C20H23NO3.C18H19NO3.C4H6O.I2.HI/c1-21-10-9-20-15-12-3-4-13(22)16(15)24-17(20)19(23-2)7-5-18(20,6-8-19)14(21)11-12;1-19-8-7-18-11-4-6-14(21-2)17(18)22-16-13(20)5-3-10(15(16)18)9-12(11)19;1-3-4(2)5;1-2;/h3-5,7,14,17,22H,6,8-11H2,1-2H3;3-6,12,17,20H,7-9H2,1-2H3;3H,1H2,2H3;;1H. The van der Waals surface area contributed by atoms with Crippen LogP contribution in [0.3, 0.4) is 0 Å². The fraction of sp³-hybridized carbons (Fsp3) is 0.500. The number of nitrogens with zero attached hydrogens (tertiary/aromatic N) is 2. The number of aromatic hydroxyl groups is 2. The largest absolute Gasteiger partial charge is 0.504 e. The maximum absolute atomic E-state index is 10.5. The van der Waals surface area contributed by atoms with E-state index < -0.39 is 0 Å². The maximum atomic E-state index is 10.5. The first kappa shape index (κ1) is 40.3. The lowest BCUT2D eigenvalue weighted by Crippen LogP contribution is -2.76. The third-order valence-corrected chi connectivity index (χ3v) is 14.2. The predicted octanol–water partition coefficient (Wildman–Crippen LogP) is 7.66. The van der Waals surface area contributed by atoms with Gasteiger partial charge in [0.2, 0.25) is 0 Å². The van der Waals surface area contributed by atoms with Gasteiger partial charge in [0.15, 0.2) is 34.9 Å². The van der Waals surface area contributed by atoms with Gasteiger partial charge in [0.1, 0.15) is 17.5 Å². The van der Waals surface area contributed by atoms with Crippen LogP contribution < -0.4 is 9.47 Å². The highest BCUT2D eigenvalue weighted by atomic mass is 128. The minimum Gasteiger partial charge on any atom is -0.504 e. The Morgan fingerprint density at radius 1 is 0.907 bits per heavy atom. The summed E-state index contributed by atoms with van der Waals surface area (Å²) in [5.74, 6) is 2.81. The second-order valence-corrected chi connectivity index (χ2v) is 16.0. The van der Waals surface area contributed by atoms with Crippen molar-refractivity contribution in [1.82, 2.24) is 9.80 Å². The van der Waals surface area contributed by atoms with Crippen molar-refractivity contribution < 1.29 is 34.0 Å². The Balaban J connectivity index is 0.000000141. The predicted molar refractivity (Wildman–Crippen MR) is 236 cm³/mol. The summed E-state index contributed by atoms with van der Waals surface area (Å²) in [5.41, 5.74) is 6.13. The lowest BCUT2D eigenvalue weighted by Gasteiger charge is -2.69. The number of likely N-dealkylation sites (tertiary alicyclic amines) is 2. The zero-order valence-corrected chi connectivity index (χ0v) is 38.0. The molecule has 0 radical (unpaired) electrons. The summed E-state index contributed by atoms with van der Waals surface area (Å²) < 4.78 is 24.4. The quantitative estimate of drug-likeness (QED) is 0.183. The number of hydrogen-bond donors (Lipinski definition) is 2. The highest BCUT2D eigenvalue weighted by Gasteiger charge is 2.76. The van der Waals surface area contributed by atoms with Crippen LogP contribution in [0, 0.1) is 5.41 Å². The number of carbonyl (C=O) groups is 1. The number of ether oxygens (including phenoxy) is 4. The van der Waals surface area contributed by atoms with E-state index in [-0.39, 0.29) is 75.3 Å². The summed E-state index contributed by atoms with van der Waals surface area (Å²) in [4.78, 5) is 14.7. The molecule has 0 aromatic heterocycles. The van der Waals surface area contributed by atoms with Gasteiger partial charge in [0.05, 0.1) is 17.9 Å². The number of piperidine rings is 2. The fourth-order valence-electron chi connectivity index (χ4n) is 11.9. The molecule has 0 amide bonds. The molecule has 10 aliphatic rings. The summed E-state index contributed by atoms with van der Waals surface area (Å²) in [7, 11) is 7.97. The monoisotopic (exact) mass is 1070 g/mol. The molecule has 1 saturated carbocycles. The summed E-state index contributed by atoms with van der Waals surface area (Å²) in [5, 5.41) is 20.8. The molecule has 2 N–H and O–H groups in total. The third kappa shape index (κ3) is 5.16. The Labute approximate surface area is 358 Å². The second kappa shape index (κ2) is 14.5. The molecule has 2 aromatic carbocycles. The number of likely N-dealkylation sites (N-methyl/N-ethyl adjacent to an activating group) is 2. The minimum atomic E-state index is -0.359. The molecule has 9 nitrogen and oxygen atoms in total. The van der Waals surface area contributed by atoms with Crippen LogP contribution in [0.1, 0.15) is 54.9 Å². The van der Waals surface area contributed by atoms with Gasteiger partial charge in [-0.05, 0) is 114 Å². The molecule has 3 spiro atoms. The van der Waals surface area contributed by atoms with Gasteiger partial charge < -0.3 is 34.1 Å². The van der Waals surface area contributed by atoms with Crippen LogP contribution in [0.25, 0.3) is 0 Å². The molecule has 290 valence electrons. The number of halogens is 3. The Morgan fingerprint density at radius 3 is 2.17 bits per heavy atom. The summed E-state index contributed by atoms with van der Waals surface area (Å²) in [6.45, 7) is 6.79. The molecule has 2 saturated heterocycles. The van der Waals surface area contributed by atoms with Gasteiger partial charge in [0, 0.05) is 73.0 Å². The van der Waals surface area contributed by atoms with Crippen molar-refractivity contribution >= 4 is 67.0 Å². The van der Waals surface area contributed by atoms with Crippen molar-refractivity contribution in [1.29, 1.82) is 0 Å². The van der Waals surface area contributed by atoms with Crippen LogP contribution in [-0.2, 0) is 37.9 Å². The number of allylic oxidation sites excluding steroid dienone is 3. The zero-order valence-electron chi connectivity index (χ0n) is 31.4. The van der Waals surface area contributed by atoms with E-state index >= 15 is 0 Å². The maximum Gasteiger partial charge on any atom is 0.169 e. The number of phenols is 2. The zero-order chi connectivity index (χ0) is 37.7. The summed E-state index contributed by atoms with van der Waals surface area (Å²) in [6, 6.07) is 8.68. The molecule has 6 aliphatic carbocycles. The van der Waals surface area contributed by atoms with Gasteiger partial charge in [-0.1, -0.05) is 36.9 Å². The molecular weight excluding hydrogens is 1030 g/mol. The number of fused-ring (bicyclic) bond motifs is 1. The lowest BCUT2D eigenvalue weighted by molar-refractivity contribution is -0.186. The Hall–Kier alpha value is -1.86. The summed E-state index contributed by atoms with van der Waals surface area (Å²) in [6.07, 6.45) is 16.4. The molecule has 4 aliphatic heterocycles. The van der Waals surface area contributed by atoms with E-state index in [0.717, 1.165) is 63.1 Å². The van der Waals surface area contributed by atoms with Crippen LogP contribution in [0.15, 0.2) is 72.6 Å². The van der Waals surface area contributed by atoms with Crippen LogP contribution in [-0.4, -0.2) is 97.1 Å². The number of rotatable bonds is 3. The van der Waals surface area contributed by atoms with Crippen molar-refractivity contribution in [2.45, 2.75) is 86.2 Å². The van der Waals surface area contributed by atoms with Crippen molar-refractivity contribution in [3.63, 3.8) is 0 Å². The van der Waals surface area contributed by atoms with E-state index in [1.165, 1.54) is 40.8 Å². The van der Waals surface area contributed by atoms with E-state index in [0.29, 0.717) is 17.8 Å². The third-order valence-electron chi connectivity index (χ3n) is 14.2. The number of phenolic OH excluding ortho intramolecular Hbond substituents is 2. The average Bonchev–Trinajstić information content (AvgIpc) is 3.74. The average molecular weight is 1070 g/mol. The number of ketones is 1. The highest BCUT2D eigenvalue weighted by molar-refractivity contribution is 15.0. The minimum absolute atomic E-state index is 0. The summed E-state index contributed by atoms with van der Waals surface area (Å²) >= 11 is 4.24. The first-order valence-electron chi connectivity index (χ1n) is 18.5. The Kier molecular flexibility index (Phi) is 10.8. The number of methoxy groups -OCH3 is 2. The number of carbonyl (C=O) groups excluding carboxylic acids is 1. The van der Waals surface area contributed by atoms with E-state index in [2.05, 4.69) is 98.1 Å². The molecule has 12 heteroatoms. The van der Waals surface area contributed by atoms with Gasteiger partial charge in [-0.2, -0.15) is 0 Å². The number of hydrogen-bond acceptors (Lipinski definition) is 9. The van der Waals surface area contributed by atoms with Crippen molar-refractivity contribution in [2.75, 3.05) is 41.4 Å². The first-order chi connectivity index (χ1) is 25.5. The number of benzene rings is 2. The van der Waals surface area contributed by atoms with Gasteiger partial charge >= 0.3 is 0 Å². The van der Waals surface area contributed by atoms with Crippen LogP contribution in [0.2, 0.25) is 0 Å². The normalized spacial score (nSPS) is 35.5. The molecule has 8 unspecified atom stereocenters. The Bertz CT molecular complexity index is 1980. The molecule has 6 bridgehead atoms. The molecule has 8 atom stereocenters. The van der Waals surface area contributed by atoms with Gasteiger partial charge in [-0.3, -0.25) is 9.69 Å². The Morgan fingerprint density at radius 2 is 1.56 bits per heavy atom.